The fourth-order valence-corrected chi connectivity index (χ4v) is 3.44. The molecule has 2 amide bonds. The topological polar surface area (TPSA) is 58.6 Å². The Balaban J connectivity index is 1.36. The summed E-state index contributed by atoms with van der Waals surface area (Å²) in [6.45, 7) is 1.51. The standard InChI is InChI=1S/C23H22N2O3/c26-22(16-28-21-11-10-17-6-1-2-7-18(17)15-21)24-20-9-5-8-19(14-20)23(27)25-12-3-4-13-25/h1-2,5-11,14-15H,3-4,12-13,16H2,(H,24,26). The van der Waals surface area contributed by atoms with Crippen LogP contribution in [0, 0.1) is 0 Å². The van der Waals surface area contributed by atoms with Crippen LogP contribution in [0.15, 0.2) is 66.7 Å². The number of carbonyl (C=O) groups is 2. The van der Waals surface area contributed by atoms with Crippen molar-refractivity contribution in [3.05, 3.63) is 72.3 Å². The van der Waals surface area contributed by atoms with Crippen molar-refractivity contribution < 1.29 is 14.3 Å². The molecule has 28 heavy (non-hydrogen) atoms. The number of ether oxygens (including phenoxy) is 1. The number of amides is 2. The zero-order valence-electron chi connectivity index (χ0n) is 15.6. The van der Waals surface area contributed by atoms with Gasteiger partial charge in [-0.1, -0.05) is 36.4 Å². The van der Waals surface area contributed by atoms with Crippen LogP contribution in [-0.4, -0.2) is 36.4 Å². The van der Waals surface area contributed by atoms with Crippen LogP contribution < -0.4 is 10.1 Å². The summed E-state index contributed by atoms with van der Waals surface area (Å²) in [5.74, 6) is 0.395. The van der Waals surface area contributed by atoms with Gasteiger partial charge in [-0.3, -0.25) is 9.59 Å². The second-order valence-corrected chi connectivity index (χ2v) is 6.93. The summed E-state index contributed by atoms with van der Waals surface area (Å²) >= 11 is 0. The number of rotatable bonds is 5. The number of carbonyl (C=O) groups excluding carboxylic acids is 2. The molecule has 0 atom stereocenters. The van der Waals surface area contributed by atoms with E-state index < -0.39 is 0 Å². The summed E-state index contributed by atoms with van der Waals surface area (Å²) in [5.41, 5.74) is 1.19. The van der Waals surface area contributed by atoms with Crippen molar-refractivity contribution in [3.63, 3.8) is 0 Å². The van der Waals surface area contributed by atoms with E-state index in [0.29, 0.717) is 17.0 Å². The van der Waals surface area contributed by atoms with Crippen molar-refractivity contribution in [1.29, 1.82) is 0 Å². The molecule has 1 aliphatic rings. The molecule has 5 heteroatoms. The summed E-state index contributed by atoms with van der Waals surface area (Å²) in [4.78, 5) is 26.6. The van der Waals surface area contributed by atoms with Crippen LogP contribution >= 0.6 is 0 Å². The largest absolute Gasteiger partial charge is 0.484 e. The Morgan fingerprint density at radius 3 is 2.50 bits per heavy atom. The highest BCUT2D eigenvalue weighted by atomic mass is 16.5. The maximum Gasteiger partial charge on any atom is 0.262 e. The first kappa shape index (κ1) is 18.0. The Morgan fingerprint density at radius 2 is 1.68 bits per heavy atom. The van der Waals surface area contributed by atoms with Crippen LogP contribution in [0.4, 0.5) is 5.69 Å². The molecule has 0 saturated carbocycles. The van der Waals surface area contributed by atoms with Crippen molar-refractivity contribution >= 4 is 28.3 Å². The minimum Gasteiger partial charge on any atom is -0.484 e. The quantitative estimate of drug-likeness (QED) is 0.732. The van der Waals surface area contributed by atoms with Crippen LogP contribution in [0.25, 0.3) is 10.8 Å². The van der Waals surface area contributed by atoms with Crippen molar-refractivity contribution in [2.24, 2.45) is 0 Å². The van der Waals surface area contributed by atoms with Gasteiger partial charge in [0.05, 0.1) is 0 Å². The summed E-state index contributed by atoms with van der Waals surface area (Å²) in [5, 5.41) is 4.99. The second kappa shape index (κ2) is 8.13. The van der Waals surface area contributed by atoms with Gasteiger partial charge in [0.25, 0.3) is 11.8 Å². The molecule has 142 valence electrons. The van der Waals surface area contributed by atoms with Gasteiger partial charge in [0.1, 0.15) is 5.75 Å². The fourth-order valence-electron chi connectivity index (χ4n) is 3.44. The summed E-state index contributed by atoms with van der Waals surface area (Å²) in [6, 6.07) is 20.8. The molecule has 1 fully saturated rings. The zero-order chi connectivity index (χ0) is 19.3. The van der Waals surface area contributed by atoms with Crippen LogP contribution in [0.5, 0.6) is 5.75 Å². The van der Waals surface area contributed by atoms with Gasteiger partial charge in [0, 0.05) is 24.3 Å². The Hall–Kier alpha value is -3.34. The predicted octanol–water partition coefficient (Wildman–Crippen LogP) is 4.09. The predicted molar refractivity (Wildman–Crippen MR) is 110 cm³/mol. The van der Waals surface area contributed by atoms with E-state index in [1.165, 1.54) is 0 Å². The van der Waals surface area contributed by atoms with Gasteiger partial charge in [0.2, 0.25) is 0 Å². The lowest BCUT2D eigenvalue weighted by Crippen LogP contribution is -2.27. The van der Waals surface area contributed by atoms with Crippen molar-refractivity contribution in [3.8, 4) is 5.75 Å². The second-order valence-electron chi connectivity index (χ2n) is 6.93. The first-order chi connectivity index (χ1) is 13.7. The molecule has 1 aliphatic heterocycles. The third-order valence-electron chi connectivity index (χ3n) is 4.88. The summed E-state index contributed by atoms with van der Waals surface area (Å²) in [6.07, 6.45) is 2.10. The number of benzene rings is 3. The number of anilines is 1. The highest BCUT2D eigenvalue weighted by Gasteiger charge is 2.19. The molecule has 0 spiro atoms. The lowest BCUT2D eigenvalue weighted by Gasteiger charge is -2.16. The third kappa shape index (κ3) is 4.14. The van der Waals surface area contributed by atoms with E-state index in [-0.39, 0.29) is 18.4 Å². The molecule has 0 unspecified atom stereocenters. The van der Waals surface area contributed by atoms with Gasteiger partial charge >= 0.3 is 0 Å². The van der Waals surface area contributed by atoms with Gasteiger partial charge in [-0.25, -0.2) is 0 Å². The molecule has 3 aromatic rings. The summed E-state index contributed by atoms with van der Waals surface area (Å²) in [7, 11) is 0. The highest BCUT2D eigenvalue weighted by Crippen LogP contribution is 2.21. The van der Waals surface area contributed by atoms with E-state index in [9.17, 15) is 9.59 Å². The molecular weight excluding hydrogens is 352 g/mol. The molecule has 5 nitrogen and oxygen atoms in total. The van der Waals surface area contributed by atoms with E-state index in [4.69, 9.17) is 4.74 Å². The molecule has 3 aromatic carbocycles. The minimum atomic E-state index is -0.265. The van der Waals surface area contributed by atoms with E-state index in [1.807, 2.05) is 47.4 Å². The number of nitrogens with one attached hydrogen (secondary N) is 1. The maximum absolute atomic E-state index is 12.5. The lowest BCUT2D eigenvalue weighted by atomic mass is 10.1. The van der Waals surface area contributed by atoms with Gasteiger partial charge in [-0.05, 0) is 53.9 Å². The molecule has 0 aliphatic carbocycles. The van der Waals surface area contributed by atoms with Crippen LogP contribution in [0.2, 0.25) is 0 Å². The number of likely N-dealkylation sites (tertiary alicyclic amines) is 1. The Labute approximate surface area is 163 Å². The first-order valence-electron chi connectivity index (χ1n) is 9.50. The highest BCUT2D eigenvalue weighted by molar-refractivity contribution is 5.97. The molecule has 1 heterocycles. The van der Waals surface area contributed by atoms with E-state index >= 15 is 0 Å². The number of nitrogens with zero attached hydrogens (tertiary/aromatic N) is 1. The van der Waals surface area contributed by atoms with Crippen LogP contribution in [0.1, 0.15) is 23.2 Å². The number of hydrogen-bond donors (Lipinski definition) is 1. The zero-order valence-corrected chi connectivity index (χ0v) is 15.6. The van der Waals surface area contributed by atoms with Crippen LogP contribution in [0.3, 0.4) is 0 Å². The minimum absolute atomic E-state index is 0.0148. The normalized spacial score (nSPS) is 13.5. The average molecular weight is 374 g/mol. The average Bonchev–Trinajstić information content (AvgIpc) is 3.26. The van der Waals surface area contributed by atoms with Crippen molar-refractivity contribution in [2.75, 3.05) is 25.0 Å². The fraction of sp³-hybridized carbons (Fsp3) is 0.217. The Morgan fingerprint density at radius 1 is 0.893 bits per heavy atom. The van der Waals surface area contributed by atoms with Gasteiger partial charge < -0.3 is 15.0 Å². The van der Waals surface area contributed by atoms with Crippen LogP contribution in [-0.2, 0) is 4.79 Å². The van der Waals surface area contributed by atoms with E-state index in [0.717, 1.165) is 36.7 Å². The van der Waals surface area contributed by atoms with Gasteiger partial charge in [0.15, 0.2) is 6.61 Å². The van der Waals surface area contributed by atoms with Crippen molar-refractivity contribution in [1.82, 2.24) is 4.90 Å². The molecule has 1 N–H and O–H groups in total. The third-order valence-corrected chi connectivity index (χ3v) is 4.88. The lowest BCUT2D eigenvalue weighted by molar-refractivity contribution is -0.118. The van der Waals surface area contributed by atoms with Gasteiger partial charge in [-0.2, -0.15) is 0 Å². The van der Waals surface area contributed by atoms with Crippen molar-refractivity contribution in [2.45, 2.75) is 12.8 Å². The molecule has 0 aromatic heterocycles. The first-order valence-corrected chi connectivity index (χ1v) is 9.50. The monoisotopic (exact) mass is 374 g/mol. The smallest absolute Gasteiger partial charge is 0.262 e. The Kier molecular flexibility index (Phi) is 5.24. The number of fused-ring (bicyclic) bond motifs is 1. The van der Waals surface area contributed by atoms with Gasteiger partial charge in [-0.15, -0.1) is 0 Å². The maximum atomic E-state index is 12.5. The Bertz CT molecular complexity index is 1010. The molecular formula is C23H22N2O3. The van der Waals surface area contributed by atoms with E-state index in [1.54, 1.807) is 24.3 Å². The molecule has 4 rings (SSSR count). The summed E-state index contributed by atoms with van der Waals surface area (Å²) < 4.78 is 5.62. The molecule has 0 bridgehead atoms. The molecule has 0 radical (unpaired) electrons. The SMILES string of the molecule is O=C(COc1ccc2ccccc2c1)Nc1cccc(C(=O)N2CCCC2)c1. The number of hydrogen-bond acceptors (Lipinski definition) is 3. The molecule has 1 saturated heterocycles. The van der Waals surface area contributed by atoms with E-state index in [2.05, 4.69) is 5.32 Å².